The lowest BCUT2D eigenvalue weighted by atomic mass is 9.89. The van der Waals surface area contributed by atoms with Crippen LogP contribution < -0.4 is 10.1 Å². The molecule has 4 rings (SSSR count). The minimum atomic E-state index is -0.638. The Kier molecular flexibility index (Phi) is 7.33. The van der Waals surface area contributed by atoms with Gasteiger partial charge in [0.25, 0.3) is 5.91 Å². The molecule has 0 saturated carbocycles. The summed E-state index contributed by atoms with van der Waals surface area (Å²) in [7, 11) is 0. The number of para-hydroxylation sites is 1. The van der Waals surface area contributed by atoms with Crippen molar-refractivity contribution in [2.45, 2.75) is 58.2 Å². The van der Waals surface area contributed by atoms with Crippen molar-refractivity contribution in [2.75, 3.05) is 11.9 Å². The van der Waals surface area contributed by atoms with E-state index in [1.165, 1.54) is 19.3 Å². The Balaban J connectivity index is 1.64. The fourth-order valence-corrected chi connectivity index (χ4v) is 4.62. The van der Waals surface area contributed by atoms with Crippen LogP contribution in [-0.2, 0) is 12.2 Å². The number of benzene rings is 3. The van der Waals surface area contributed by atoms with E-state index in [-0.39, 0.29) is 5.91 Å². The normalized spacial score (nSPS) is 17.4. The summed E-state index contributed by atoms with van der Waals surface area (Å²) in [6, 6.07) is 26.2. The van der Waals surface area contributed by atoms with Crippen LogP contribution in [-0.4, -0.2) is 17.4 Å². The lowest BCUT2D eigenvalue weighted by Gasteiger charge is -2.48. The van der Waals surface area contributed by atoms with Crippen LogP contribution in [0.25, 0.3) is 0 Å². The summed E-state index contributed by atoms with van der Waals surface area (Å²) in [6.07, 6.45) is 5.48. The molecule has 33 heavy (non-hydrogen) atoms. The van der Waals surface area contributed by atoms with Crippen molar-refractivity contribution in [3.05, 3.63) is 95.6 Å². The monoisotopic (exact) mass is 442 g/mol. The predicted octanol–water partition coefficient (Wildman–Crippen LogP) is 6.98. The maximum Gasteiger partial charge on any atom is 0.258 e. The van der Waals surface area contributed by atoms with E-state index >= 15 is 0 Å². The molecule has 1 unspecified atom stereocenters. The molecule has 3 aromatic rings. The van der Waals surface area contributed by atoms with Gasteiger partial charge < -0.3 is 15.0 Å². The third-order valence-electron chi connectivity index (χ3n) is 6.50. The molecule has 0 bridgehead atoms. The zero-order valence-corrected chi connectivity index (χ0v) is 19.7. The maximum absolute atomic E-state index is 13.7. The van der Waals surface area contributed by atoms with Gasteiger partial charge in [0.1, 0.15) is 11.4 Å². The van der Waals surface area contributed by atoms with E-state index < -0.39 is 5.66 Å². The van der Waals surface area contributed by atoms with E-state index in [4.69, 9.17) is 4.74 Å². The van der Waals surface area contributed by atoms with Crippen LogP contribution in [0.3, 0.4) is 0 Å². The van der Waals surface area contributed by atoms with E-state index in [2.05, 4.69) is 43.4 Å². The first-order valence-electron chi connectivity index (χ1n) is 12.1. The molecule has 4 heteroatoms. The second kappa shape index (κ2) is 10.6. The van der Waals surface area contributed by atoms with Gasteiger partial charge in [-0.15, -0.1) is 0 Å². The van der Waals surface area contributed by atoms with Gasteiger partial charge in [0.15, 0.2) is 0 Å². The molecule has 0 saturated heterocycles. The summed E-state index contributed by atoms with van der Waals surface area (Å²) in [5, 5.41) is 3.73. The molecule has 1 heterocycles. The van der Waals surface area contributed by atoms with Gasteiger partial charge in [-0.3, -0.25) is 4.79 Å². The van der Waals surface area contributed by atoms with E-state index in [0.717, 1.165) is 42.0 Å². The maximum atomic E-state index is 13.7. The number of nitrogens with one attached hydrogen (secondary N) is 1. The zero-order chi connectivity index (χ0) is 23.1. The van der Waals surface area contributed by atoms with Crippen LogP contribution in [0.4, 0.5) is 5.69 Å². The summed E-state index contributed by atoms with van der Waals surface area (Å²) in [5.41, 5.74) is 3.12. The van der Waals surface area contributed by atoms with Gasteiger partial charge in [-0.2, -0.15) is 0 Å². The fraction of sp³-hybridized carbons (Fsp3) is 0.345. The second-order valence-electron chi connectivity index (χ2n) is 8.69. The number of carbonyl (C=O) groups excluding carboxylic acids is 1. The van der Waals surface area contributed by atoms with Crippen molar-refractivity contribution in [1.82, 2.24) is 4.90 Å². The number of hydrogen-bond donors (Lipinski definition) is 1. The van der Waals surface area contributed by atoms with Gasteiger partial charge in [0, 0.05) is 12.2 Å². The van der Waals surface area contributed by atoms with Gasteiger partial charge >= 0.3 is 0 Å². The van der Waals surface area contributed by atoms with Crippen molar-refractivity contribution >= 4 is 11.6 Å². The molecular weight excluding hydrogens is 408 g/mol. The molecule has 4 nitrogen and oxygen atoms in total. The van der Waals surface area contributed by atoms with Crippen molar-refractivity contribution in [2.24, 2.45) is 0 Å². The summed E-state index contributed by atoms with van der Waals surface area (Å²) >= 11 is 0. The van der Waals surface area contributed by atoms with Crippen LogP contribution in [0.5, 0.6) is 5.75 Å². The Morgan fingerprint density at radius 1 is 0.848 bits per heavy atom. The highest BCUT2D eigenvalue weighted by molar-refractivity contribution is 6.02. The number of ether oxygens (including phenoxy) is 1. The molecule has 1 aliphatic rings. The summed E-state index contributed by atoms with van der Waals surface area (Å²) in [5.74, 6) is 0.921. The third-order valence-corrected chi connectivity index (χ3v) is 6.50. The second-order valence-corrected chi connectivity index (χ2v) is 8.69. The van der Waals surface area contributed by atoms with Crippen molar-refractivity contribution in [1.29, 1.82) is 0 Å². The minimum Gasteiger partial charge on any atom is -0.494 e. The van der Waals surface area contributed by atoms with Gasteiger partial charge in [-0.1, -0.05) is 87.7 Å². The highest BCUT2D eigenvalue weighted by Gasteiger charge is 2.44. The Hall–Kier alpha value is -3.27. The summed E-state index contributed by atoms with van der Waals surface area (Å²) in [4.78, 5) is 15.7. The van der Waals surface area contributed by atoms with E-state index in [1.807, 2.05) is 59.5 Å². The van der Waals surface area contributed by atoms with E-state index in [0.29, 0.717) is 12.1 Å². The van der Waals surface area contributed by atoms with Crippen LogP contribution >= 0.6 is 0 Å². The topological polar surface area (TPSA) is 41.6 Å². The molecule has 0 fully saturated rings. The number of amides is 1. The number of nitrogens with zero attached hydrogens (tertiary/aromatic N) is 1. The SMILES string of the molecule is CCCCCCOc1ccc(C2(CC)Nc3ccccc3C(=O)N2Cc2ccccc2)cc1. The number of unbranched alkanes of at least 4 members (excludes halogenated alkanes) is 3. The average molecular weight is 443 g/mol. The fourth-order valence-electron chi connectivity index (χ4n) is 4.62. The Morgan fingerprint density at radius 2 is 1.58 bits per heavy atom. The molecule has 0 aromatic heterocycles. The van der Waals surface area contributed by atoms with Crippen molar-refractivity contribution < 1.29 is 9.53 Å². The molecule has 0 aliphatic carbocycles. The molecule has 3 aromatic carbocycles. The molecule has 172 valence electrons. The zero-order valence-electron chi connectivity index (χ0n) is 19.7. The molecule has 0 spiro atoms. The standard InChI is InChI=1S/C29H34N2O2/c1-3-5-6-12-21-33-25-19-17-24(18-20-25)29(4-2)30-27-16-11-10-15-26(27)28(32)31(29)22-23-13-8-7-9-14-23/h7-11,13-20,30H,3-6,12,21-22H2,1-2H3. The number of anilines is 1. The molecular formula is C29H34N2O2. The summed E-state index contributed by atoms with van der Waals surface area (Å²) < 4.78 is 5.96. The third kappa shape index (κ3) is 4.90. The van der Waals surface area contributed by atoms with Gasteiger partial charge in [0.2, 0.25) is 0 Å². The summed E-state index contributed by atoms with van der Waals surface area (Å²) in [6.45, 7) is 5.62. The van der Waals surface area contributed by atoms with Crippen molar-refractivity contribution in [3.63, 3.8) is 0 Å². The van der Waals surface area contributed by atoms with Crippen LogP contribution in [0.15, 0.2) is 78.9 Å². The minimum absolute atomic E-state index is 0.0475. The average Bonchev–Trinajstić information content (AvgIpc) is 2.86. The van der Waals surface area contributed by atoms with Crippen LogP contribution in [0.2, 0.25) is 0 Å². The Bertz CT molecular complexity index is 1050. The van der Waals surface area contributed by atoms with Gasteiger partial charge in [-0.25, -0.2) is 0 Å². The highest BCUT2D eigenvalue weighted by Crippen LogP contribution is 2.41. The van der Waals surface area contributed by atoms with Crippen LogP contribution in [0, 0.1) is 0 Å². The Morgan fingerprint density at radius 3 is 2.30 bits per heavy atom. The molecule has 0 radical (unpaired) electrons. The number of rotatable bonds is 10. The van der Waals surface area contributed by atoms with Gasteiger partial charge in [0.05, 0.1) is 12.2 Å². The number of carbonyl (C=O) groups is 1. The van der Waals surface area contributed by atoms with E-state index in [1.54, 1.807) is 0 Å². The molecule has 1 atom stereocenters. The lowest BCUT2D eigenvalue weighted by Crippen LogP contribution is -2.56. The smallest absolute Gasteiger partial charge is 0.258 e. The van der Waals surface area contributed by atoms with Gasteiger partial charge in [-0.05, 0) is 48.2 Å². The van der Waals surface area contributed by atoms with Crippen molar-refractivity contribution in [3.8, 4) is 5.75 Å². The quantitative estimate of drug-likeness (QED) is 0.345. The predicted molar refractivity (Wildman–Crippen MR) is 134 cm³/mol. The first-order valence-corrected chi connectivity index (χ1v) is 12.1. The molecule has 1 amide bonds. The first-order chi connectivity index (χ1) is 16.2. The Labute approximate surface area is 197 Å². The van der Waals surface area contributed by atoms with E-state index in [9.17, 15) is 4.79 Å². The molecule has 1 N–H and O–H groups in total. The lowest BCUT2D eigenvalue weighted by molar-refractivity contribution is 0.0454. The molecule has 1 aliphatic heterocycles. The highest BCUT2D eigenvalue weighted by atomic mass is 16.5. The number of fused-ring (bicyclic) bond motifs is 1. The van der Waals surface area contributed by atoms with Crippen LogP contribution in [0.1, 0.15) is 67.4 Å². The first kappa shape index (κ1) is 22.9. The largest absolute Gasteiger partial charge is 0.494 e. The number of hydrogen-bond acceptors (Lipinski definition) is 3.